The highest BCUT2D eigenvalue weighted by Crippen LogP contribution is 2.24. The van der Waals surface area contributed by atoms with Crippen LogP contribution in [0, 0.1) is 13.8 Å². The van der Waals surface area contributed by atoms with Crippen LogP contribution >= 0.6 is 0 Å². The molecule has 0 amide bonds. The number of aromatic nitrogens is 2. The summed E-state index contributed by atoms with van der Waals surface area (Å²) in [5, 5.41) is 8.25. The number of para-hydroxylation sites is 1. The normalized spacial score (nSPS) is 11.2. The summed E-state index contributed by atoms with van der Waals surface area (Å²) < 4.78 is 27.9. The van der Waals surface area contributed by atoms with Crippen LogP contribution in [-0.2, 0) is 10.0 Å². The fraction of sp³-hybridized carbons (Fsp3) is 0.200. The SMILES string of the molecule is CCN(c1ccccc1)c1ccc(NS(=O)(=O)c2cc(C)ccc2C)nn1. The van der Waals surface area contributed by atoms with Crippen molar-refractivity contribution in [2.75, 3.05) is 16.2 Å². The number of anilines is 3. The Morgan fingerprint density at radius 1 is 0.963 bits per heavy atom. The van der Waals surface area contributed by atoms with Gasteiger partial charge in [0.05, 0.1) is 4.90 Å². The third-order valence-electron chi connectivity index (χ3n) is 4.18. The molecule has 0 saturated heterocycles. The number of nitrogens with zero attached hydrogens (tertiary/aromatic N) is 3. The van der Waals surface area contributed by atoms with Crippen LogP contribution in [0.15, 0.2) is 65.6 Å². The third kappa shape index (κ3) is 4.25. The Kier molecular flexibility index (Phi) is 5.41. The molecule has 0 saturated carbocycles. The molecule has 6 nitrogen and oxygen atoms in total. The fourth-order valence-electron chi connectivity index (χ4n) is 2.80. The zero-order valence-corrected chi connectivity index (χ0v) is 16.4. The Balaban J connectivity index is 1.84. The highest BCUT2D eigenvalue weighted by Gasteiger charge is 2.18. The van der Waals surface area contributed by atoms with Crippen LogP contribution < -0.4 is 9.62 Å². The van der Waals surface area contributed by atoms with Gasteiger partial charge in [0.15, 0.2) is 11.6 Å². The van der Waals surface area contributed by atoms with E-state index in [0.29, 0.717) is 17.9 Å². The number of nitrogens with one attached hydrogen (secondary N) is 1. The lowest BCUT2D eigenvalue weighted by Gasteiger charge is -2.21. The first-order valence-electron chi connectivity index (χ1n) is 8.67. The van der Waals surface area contributed by atoms with Crippen LogP contribution in [0.3, 0.4) is 0 Å². The Bertz CT molecular complexity index is 1020. The van der Waals surface area contributed by atoms with Crippen molar-refractivity contribution in [2.45, 2.75) is 25.7 Å². The minimum atomic E-state index is -3.72. The van der Waals surface area contributed by atoms with E-state index in [-0.39, 0.29) is 10.7 Å². The van der Waals surface area contributed by atoms with Crippen LogP contribution in [0.4, 0.5) is 17.3 Å². The van der Waals surface area contributed by atoms with E-state index in [1.165, 1.54) is 0 Å². The van der Waals surface area contributed by atoms with E-state index in [0.717, 1.165) is 11.3 Å². The number of rotatable bonds is 6. The van der Waals surface area contributed by atoms with Crippen LogP contribution in [0.2, 0.25) is 0 Å². The maximum Gasteiger partial charge on any atom is 0.263 e. The van der Waals surface area contributed by atoms with Gasteiger partial charge in [0.1, 0.15) is 0 Å². The third-order valence-corrected chi connectivity index (χ3v) is 5.68. The Morgan fingerprint density at radius 2 is 1.70 bits per heavy atom. The molecule has 2 aromatic carbocycles. The summed E-state index contributed by atoms with van der Waals surface area (Å²) in [6, 6.07) is 18.5. The molecule has 7 heteroatoms. The topological polar surface area (TPSA) is 75.2 Å². The lowest BCUT2D eigenvalue weighted by atomic mass is 10.2. The molecule has 0 spiro atoms. The highest BCUT2D eigenvalue weighted by molar-refractivity contribution is 7.92. The second-order valence-corrected chi connectivity index (χ2v) is 7.88. The van der Waals surface area contributed by atoms with Crippen LogP contribution in [0.25, 0.3) is 0 Å². The van der Waals surface area contributed by atoms with Gasteiger partial charge in [-0.15, -0.1) is 10.2 Å². The molecule has 3 aromatic rings. The first-order valence-corrected chi connectivity index (χ1v) is 10.2. The first kappa shape index (κ1) is 18.8. The number of hydrogen-bond donors (Lipinski definition) is 1. The Morgan fingerprint density at radius 3 is 2.33 bits per heavy atom. The molecule has 27 heavy (non-hydrogen) atoms. The molecular weight excluding hydrogens is 360 g/mol. The minimum absolute atomic E-state index is 0.184. The lowest BCUT2D eigenvalue weighted by Crippen LogP contribution is -2.19. The largest absolute Gasteiger partial charge is 0.325 e. The summed E-state index contributed by atoms with van der Waals surface area (Å²) in [6.45, 7) is 6.36. The van der Waals surface area contributed by atoms with Crippen molar-refractivity contribution >= 4 is 27.3 Å². The number of hydrogen-bond acceptors (Lipinski definition) is 5. The number of benzene rings is 2. The predicted molar refractivity (Wildman–Crippen MR) is 108 cm³/mol. The molecule has 0 aliphatic rings. The van der Waals surface area contributed by atoms with E-state index in [4.69, 9.17) is 0 Å². The summed E-state index contributed by atoms with van der Waals surface area (Å²) >= 11 is 0. The molecule has 1 heterocycles. The summed E-state index contributed by atoms with van der Waals surface area (Å²) in [7, 11) is -3.72. The quantitative estimate of drug-likeness (QED) is 0.696. The molecule has 1 aromatic heterocycles. The van der Waals surface area contributed by atoms with Gasteiger partial charge in [0, 0.05) is 12.2 Å². The van der Waals surface area contributed by atoms with Crippen LogP contribution in [-0.4, -0.2) is 25.2 Å². The number of sulfonamides is 1. The van der Waals surface area contributed by atoms with Gasteiger partial charge >= 0.3 is 0 Å². The van der Waals surface area contributed by atoms with E-state index in [1.807, 2.05) is 55.1 Å². The molecule has 1 N–H and O–H groups in total. The van der Waals surface area contributed by atoms with Gasteiger partial charge in [0.25, 0.3) is 10.0 Å². The first-order chi connectivity index (χ1) is 12.9. The van der Waals surface area contributed by atoms with Crippen LogP contribution in [0.5, 0.6) is 0 Å². The van der Waals surface area contributed by atoms with Gasteiger partial charge in [-0.25, -0.2) is 8.42 Å². The van der Waals surface area contributed by atoms with Gasteiger partial charge in [-0.3, -0.25) is 4.72 Å². The maximum absolute atomic E-state index is 12.7. The second-order valence-electron chi connectivity index (χ2n) is 6.23. The molecule has 0 atom stereocenters. The van der Waals surface area contributed by atoms with Crippen molar-refractivity contribution < 1.29 is 8.42 Å². The van der Waals surface area contributed by atoms with E-state index in [9.17, 15) is 8.42 Å². The smallest absolute Gasteiger partial charge is 0.263 e. The zero-order valence-electron chi connectivity index (χ0n) is 15.5. The van der Waals surface area contributed by atoms with E-state index in [2.05, 4.69) is 14.9 Å². The average Bonchev–Trinajstić information content (AvgIpc) is 2.66. The molecule has 3 rings (SSSR count). The Hall–Kier alpha value is -2.93. The monoisotopic (exact) mass is 382 g/mol. The van der Waals surface area contributed by atoms with Crippen molar-refractivity contribution in [2.24, 2.45) is 0 Å². The standard InChI is InChI=1S/C20H22N4O2S/c1-4-24(17-8-6-5-7-9-17)20-13-12-19(21-22-20)23-27(25,26)18-14-15(2)10-11-16(18)3/h5-14H,4H2,1-3H3,(H,21,23). The van der Waals surface area contributed by atoms with Crippen molar-refractivity contribution in [3.8, 4) is 0 Å². The predicted octanol–water partition coefficient (Wildman–Crippen LogP) is 4.05. The number of aryl methyl sites for hydroxylation is 2. The minimum Gasteiger partial charge on any atom is -0.325 e. The molecule has 0 bridgehead atoms. The Labute approximate surface area is 159 Å². The second kappa shape index (κ2) is 7.75. The van der Waals surface area contributed by atoms with Gasteiger partial charge in [-0.1, -0.05) is 30.3 Å². The van der Waals surface area contributed by atoms with Crippen molar-refractivity contribution in [1.82, 2.24) is 10.2 Å². The zero-order chi connectivity index (χ0) is 19.4. The fourth-order valence-corrected chi connectivity index (χ4v) is 4.12. The molecule has 140 valence electrons. The summed E-state index contributed by atoms with van der Waals surface area (Å²) in [5.74, 6) is 0.835. The average molecular weight is 382 g/mol. The van der Waals surface area contributed by atoms with E-state index < -0.39 is 10.0 Å². The lowest BCUT2D eigenvalue weighted by molar-refractivity contribution is 0.600. The van der Waals surface area contributed by atoms with E-state index >= 15 is 0 Å². The molecule has 0 radical (unpaired) electrons. The van der Waals surface area contributed by atoms with Gasteiger partial charge in [-0.05, 0) is 62.2 Å². The van der Waals surface area contributed by atoms with Crippen LogP contribution in [0.1, 0.15) is 18.1 Å². The summed E-state index contributed by atoms with van der Waals surface area (Å²) in [5.41, 5.74) is 2.56. The van der Waals surface area contributed by atoms with Crippen molar-refractivity contribution in [1.29, 1.82) is 0 Å². The van der Waals surface area contributed by atoms with Gasteiger partial charge in [0.2, 0.25) is 0 Å². The van der Waals surface area contributed by atoms with Gasteiger partial charge < -0.3 is 4.90 Å². The summed E-state index contributed by atoms with van der Waals surface area (Å²) in [4.78, 5) is 2.24. The molecule has 0 fully saturated rings. The van der Waals surface area contributed by atoms with Gasteiger partial charge in [-0.2, -0.15) is 0 Å². The summed E-state index contributed by atoms with van der Waals surface area (Å²) in [6.07, 6.45) is 0. The van der Waals surface area contributed by atoms with E-state index in [1.54, 1.807) is 31.2 Å². The highest BCUT2D eigenvalue weighted by atomic mass is 32.2. The molecular formula is C20H22N4O2S. The molecule has 0 aliphatic carbocycles. The molecule has 0 unspecified atom stereocenters. The van der Waals surface area contributed by atoms with Crippen molar-refractivity contribution in [3.63, 3.8) is 0 Å². The molecule has 0 aliphatic heterocycles. The van der Waals surface area contributed by atoms with Crippen molar-refractivity contribution in [3.05, 3.63) is 71.8 Å². The maximum atomic E-state index is 12.7.